The van der Waals surface area contributed by atoms with Gasteiger partial charge in [0.2, 0.25) is 5.95 Å². The Morgan fingerprint density at radius 3 is 2.59 bits per heavy atom. The molecular weight excluding hydrogens is 482 g/mol. The number of carbonyl (C=O) groups excluding carboxylic acids is 2. The van der Waals surface area contributed by atoms with Crippen LogP contribution in [0.25, 0.3) is 11.3 Å². The SMILES string of the molecule is CCNC(=O)c1ccc(Nc2nccc(-c3cccc(NC(=O)c4cc5c(s4)CCCC5)c3C)n2)cc1. The summed E-state index contributed by atoms with van der Waals surface area (Å²) in [6, 6.07) is 16.9. The predicted molar refractivity (Wildman–Crippen MR) is 149 cm³/mol. The summed E-state index contributed by atoms with van der Waals surface area (Å²) in [5.74, 6) is 0.274. The highest BCUT2D eigenvalue weighted by atomic mass is 32.1. The lowest BCUT2D eigenvalue weighted by molar-refractivity contribution is 0.0955. The smallest absolute Gasteiger partial charge is 0.265 e. The normalized spacial score (nSPS) is 12.5. The number of nitrogens with zero attached hydrogens (tertiary/aromatic N) is 2. The molecular formula is C29H29N5O2S. The number of hydrogen-bond donors (Lipinski definition) is 3. The van der Waals surface area contributed by atoms with Crippen molar-refractivity contribution in [1.29, 1.82) is 0 Å². The average Bonchev–Trinajstić information content (AvgIpc) is 3.35. The van der Waals surface area contributed by atoms with Gasteiger partial charge >= 0.3 is 0 Å². The minimum Gasteiger partial charge on any atom is -0.352 e. The first-order chi connectivity index (χ1) is 18.0. The predicted octanol–water partition coefficient (Wildman–Crippen LogP) is 6.14. The molecule has 2 heterocycles. The number of fused-ring (bicyclic) bond motifs is 1. The Morgan fingerprint density at radius 2 is 1.81 bits per heavy atom. The fourth-order valence-corrected chi connectivity index (χ4v) is 5.65. The second-order valence-corrected chi connectivity index (χ2v) is 10.2. The van der Waals surface area contributed by atoms with E-state index in [1.54, 1.807) is 29.7 Å². The molecule has 1 aliphatic carbocycles. The van der Waals surface area contributed by atoms with E-state index in [2.05, 4.69) is 27.0 Å². The minimum absolute atomic E-state index is 0.0687. The third-order valence-electron chi connectivity index (χ3n) is 6.47. The first-order valence-corrected chi connectivity index (χ1v) is 13.3. The van der Waals surface area contributed by atoms with Gasteiger partial charge in [0.25, 0.3) is 11.8 Å². The fourth-order valence-electron chi connectivity index (χ4n) is 4.50. The lowest BCUT2D eigenvalue weighted by Gasteiger charge is -2.13. The Balaban J connectivity index is 1.32. The molecule has 0 bridgehead atoms. The van der Waals surface area contributed by atoms with Crippen LogP contribution in [-0.2, 0) is 12.8 Å². The molecule has 188 valence electrons. The number of aryl methyl sites for hydroxylation is 2. The zero-order valence-electron chi connectivity index (χ0n) is 20.9. The number of benzene rings is 2. The van der Waals surface area contributed by atoms with Crippen LogP contribution < -0.4 is 16.0 Å². The van der Waals surface area contributed by atoms with E-state index in [4.69, 9.17) is 4.98 Å². The van der Waals surface area contributed by atoms with E-state index in [0.717, 1.165) is 45.9 Å². The van der Waals surface area contributed by atoms with E-state index in [9.17, 15) is 9.59 Å². The molecule has 0 saturated heterocycles. The summed E-state index contributed by atoms with van der Waals surface area (Å²) in [7, 11) is 0. The van der Waals surface area contributed by atoms with Crippen molar-refractivity contribution in [2.24, 2.45) is 0 Å². The van der Waals surface area contributed by atoms with Crippen LogP contribution in [0.4, 0.5) is 17.3 Å². The summed E-state index contributed by atoms with van der Waals surface area (Å²) in [6.45, 7) is 4.46. The van der Waals surface area contributed by atoms with Gasteiger partial charge in [0.15, 0.2) is 0 Å². The quantitative estimate of drug-likeness (QED) is 0.277. The van der Waals surface area contributed by atoms with Crippen LogP contribution in [0.1, 0.15) is 55.8 Å². The second-order valence-electron chi connectivity index (χ2n) is 9.03. The van der Waals surface area contributed by atoms with Crippen molar-refractivity contribution in [3.63, 3.8) is 0 Å². The number of aromatic nitrogens is 2. The summed E-state index contributed by atoms with van der Waals surface area (Å²) in [5.41, 5.74) is 6.07. The number of hydrogen-bond acceptors (Lipinski definition) is 6. The highest BCUT2D eigenvalue weighted by Crippen LogP contribution is 2.32. The van der Waals surface area contributed by atoms with E-state index >= 15 is 0 Å². The minimum atomic E-state index is -0.103. The molecule has 0 fully saturated rings. The van der Waals surface area contributed by atoms with Crippen LogP contribution in [0.2, 0.25) is 0 Å². The number of rotatable bonds is 7. The van der Waals surface area contributed by atoms with Gasteiger partial charge in [-0.1, -0.05) is 12.1 Å². The van der Waals surface area contributed by atoms with Crippen LogP contribution >= 0.6 is 11.3 Å². The van der Waals surface area contributed by atoms with Gasteiger partial charge in [-0.25, -0.2) is 9.97 Å². The van der Waals surface area contributed by atoms with E-state index in [-0.39, 0.29) is 11.8 Å². The lowest BCUT2D eigenvalue weighted by Crippen LogP contribution is -2.22. The van der Waals surface area contributed by atoms with Crippen molar-refractivity contribution in [1.82, 2.24) is 15.3 Å². The molecule has 0 unspecified atom stereocenters. The molecule has 2 amide bonds. The molecule has 5 rings (SSSR count). The van der Waals surface area contributed by atoms with E-state index in [1.807, 2.05) is 50.2 Å². The van der Waals surface area contributed by atoms with Crippen molar-refractivity contribution < 1.29 is 9.59 Å². The molecule has 8 heteroatoms. The van der Waals surface area contributed by atoms with Crippen molar-refractivity contribution >= 4 is 40.5 Å². The number of amides is 2. The van der Waals surface area contributed by atoms with Crippen LogP contribution in [0.3, 0.4) is 0 Å². The molecule has 37 heavy (non-hydrogen) atoms. The van der Waals surface area contributed by atoms with Crippen molar-refractivity contribution in [3.05, 3.63) is 87.2 Å². The topological polar surface area (TPSA) is 96.0 Å². The molecule has 0 saturated carbocycles. The van der Waals surface area contributed by atoms with Gasteiger partial charge < -0.3 is 16.0 Å². The van der Waals surface area contributed by atoms with Crippen molar-refractivity contribution in [2.45, 2.75) is 39.5 Å². The zero-order chi connectivity index (χ0) is 25.8. The summed E-state index contributed by atoms with van der Waals surface area (Å²) in [6.07, 6.45) is 6.24. The maximum absolute atomic E-state index is 13.0. The molecule has 1 aliphatic rings. The van der Waals surface area contributed by atoms with E-state index < -0.39 is 0 Å². The van der Waals surface area contributed by atoms with Gasteiger partial charge in [0.1, 0.15) is 0 Å². The molecule has 2 aromatic carbocycles. The standard InChI is InChI=1S/C29H29N5O2S/c1-3-30-27(35)19-11-13-21(14-12-19)32-29-31-16-15-24(34-29)22-8-6-9-23(18(22)2)33-28(36)26-17-20-7-4-5-10-25(20)37-26/h6,8-9,11-17H,3-5,7,10H2,1-2H3,(H,30,35)(H,33,36)(H,31,32,34). The fraction of sp³-hybridized carbons (Fsp3) is 0.241. The number of thiophene rings is 1. The Bertz CT molecular complexity index is 1420. The van der Waals surface area contributed by atoms with Gasteiger partial charge in [0.05, 0.1) is 10.6 Å². The van der Waals surface area contributed by atoms with Crippen molar-refractivity contribution in [3.8, 4) is 11.3 Å². The van der Waals surface area contributed by atoms with Gasteiger partial charge in [0, 0.05) is 40.1 Å². The second kappa shape index (κ2) is 10.9. The zero-order valence-corrected chi connectivity index (χ0v) is 21.7. The van der Waals surface area contributed by atoms with E-state index in [1.165, 1.54) is 23.3 Å². The average molecular weight is 512 g/mol. The molecule has 4 aromatic rings. The molecule has 7 nitrogen and oxygen atoms in total. The first kappa shape index (κ1) is 24.6. The van der Waals surface area contributed by atoms with Crippen LogP contribution in [-0.4, -0.2) is 28.3 Å². The lowest BCUT2D eigenvalue weighted by atomic mass is 9.99. The number of nitrogens with one attached hydrogen (secondary N) is 3. The van der Waals surface area contributed by atoms with Crippen molar-refractivity contribution in [2.75, 3.05) is 17.2 Å². The molecule has 0 spiro atoms. The van der Waals surface area contributed by atoms with Crippen LogP contribution in [0.5, 0.6) is 0 Å². The van der Waals surface area contributed by atoms with Gasteiger partial charge in [-0.2, -0.15) is 0 Å². The Labute approximate surface area is 220 Å². The maximum atomic E-state index is 13.0. The molecule has 3 N–H and O–H groups in total. The monoisotopic (exact) mass is 511 g/mol. The van der Waals surface area contributed by atoms with Crippen LogP contribution in [0.15, 0.2) is 60.8 Å². The highest BCUT2D eigenvalue weighted by molar-refractivity contribution is 7.14. The molecule has 0 aliphatic heterocycles. The summed E-state index contributed by atoms with van der Waals surface area (Å²) in [4.78, 5) is 36.2. The summed E-state index contributed by atoms with van der Waals surface area (Å²) < 4.78 is 0. The molecule has 0 atom stereocenters. The van der Waals surface area contributed by atoms with Crippen LogP contribution in [0, 0.1) is 6.92 Å². The largest absolute Gasteiger partial charge is 0.352 e. The first-order valence-electron chi connectivity index (χ1n) is 12.5. The Morgan fingerprint density at radius 1 is 1.00 bits per heavy atom. The third kappa shape index (κ3) is 5.54. The van der Waals surface area contributed by atoms with Gasteiger partial charge in [-0.05, 0) is 93.1 Å². The Hall–Kier alpha value is -4.04. The third-order valence-corrected chi connectivity index (χ3v) is 7.71. The maximum Gasteiger partial charge on any atom is 0.265 e. The summed E-state index contributed by atoms with van der Waals surface area (Å²) >= 11 is 1.61. The molecule has 2 aromatic heterocycles. The number of anilines is 3. The highest BCUT2D eigenvalue weighted by Gasteiger charge is 2.18. The summed E-state index contributed by atoms with van der Waals surface area (Å²) in [5, 5.41) is 9.09. The molecule has 0 radical (unpaired) electrons. The number of carbonyl (C=O) groups is 2. The van der Waals surface area contributed by atoms with E-state index in [0.29, 0.717) is 18.1 Å². The van der Waals surface area contributed by atoms with Gasteiger partial charge in [-0.3, -0.25) is 9.59 Å². The Kier molecular flexibility index (Phi) is 7.28. The van der Waals surface area contributed by atoms with Gasteiger partial charge in [-0.15, -0.1) is 11.3 Å².